The molecule has 1 aromatic carbocycles. The van der Waals surface area contributed by atoms with Crippen molar-refractivity contribution in [3.63, 3.8) is 0 Å². The second kappa shape index (κ2) is 5.17. The monoisotopic (exact) mass is 286 g/mol. The summed E-state index contributed by atoms with van der Waals surface area (Å²) in [5.74, 6) is 0.0766. The van der Waals surface area contributed by atoms with Crippen LogP contribution >= 0.6 is 0 Å². The van der Waals surface area contributed by atoms with Crippen molar-refractivity contribution in [1.29, 1.82) is 0 Å². The van der Waals surface area contributed by atoms with E-state index in [1.165, 1.54) is 11.1 Å². The van der Waals surface area contributed by atoms with Gasteiger partial charge in [-0.3, -0.25) is 9.59 Å². The van der Waals surface area contributed by atoms with Crippen LogP contribution in [-0.2, 0) is 22.4 Å². The molecule has 0 radical (unpaired) electrons. The molecule has 1 heterocycles. The van der Waals surface area contributed by atoms with E-state index in [9.17, 15) is 9.59 Å². The Labute approximate surface area is 125 Å². The van der Waals surface area contributed by atoms with Crippen LogP contribution in [0.3, 0.4) is 0 Å². The lowest BCUT2D eigenvalue weighted by atomic mass is 9.82. The minimum Gasteiger partial charge on any atom is -0.352 e. The number of aryl methyl sites for hydroxylation is 1. The third-order valence-electron chi connectivity index (χ3n) is 4.81. The smallest absolute Gasteiger partial charge is 0.245 e. The van der Waals surface area contributed by atoms with E-state index in [2.05, 4.69) is 23.5 Å². The van der Waals surface area contributed by atoms with Crippen molar-refractivity contribution in [2.24, 2.45) is 5.92 Å². The van der Waals surface area contributed by atoms with Crippen LogP contribution in [0.1, 0.15) is 31.4 Å². The summed E-state index contributed by atoms with van der Waals surface area (Å²) in [5, 5.41) is 2.84. The molecule has 4 nitrogen and oxygen atoms in total. The number of hydrogen-bond donors (Lipinski definition) is 1. The van der Waals surface area contributed by atoms with Crippen LogP contribution in [0.2, 0.25) is 0 Å². The van der Waals surface area contributed by atoms with Gasteiger partial charge < -0.3 is 10.2 Å². The van der Waals surface area contributed by atoms with Gasteiger partial charge in [0.2, 0.25) is 11.8 Å². The minimum atomic E-state index is -0.744. The first-order valence-electron chi connectivity index (χ1n) is 7.66. The van der Waals surface area contributed by atoms with E-state index in [4.69, 9.17) is 0 Å². The number of hydrogen-bond acceptors (Lipinski definition) is 2. The van der Waals surface area contributed by atoms with Gasteiger partial charge in [0.05, 0.1) is 0 Å². The lowest BCUT2D eigenvalue weighted by molar-refractivity contribution is -0.152. The van der Waals surface area contributed by atoms with Crippen molar-refractivity contribution in [1.82, 2.24) is 10.2 Å². The molecule has 21 heavy (non-hydrogen) atoms. The van der Waals surface area contributed by atoms with Crippen molar-refractivity contribution in [3.8, 4) is 0 Å². The highest BCUT2D eigenvalue weighted by Crippen LogP contribution is 2.29. The molecule has 1 unspecified atom stereocenters. The van der Waals surface area contributed by atoms with Crippen LogP contribution in [0.4, 0.5) is 0 Å². The summed E-state index contributed by atoms with van der Waals surface area (Å²) in [5.41, 5.74) is 1.89. The lowest BCUT2D eigenvalue weighted by Gasteiger charge is -2.43. The maximum atomic E-state index is 12.9. The Hall–Kier alpha value is -1.84. The normalized spacial score (nSPS) is 24.2. The number of rotatable bonds is 1. The molecule has 4 heteroatoms. The molecular weight excluding hydrogens is 264 g/mol. The van der Waals surface area contributed by atoms with E-state index < -0.39 is 5.54 Å². The van der Waals surface area contributed by atoms with E-state index >= 15 is 0 Å². The molecule has 2 amide bonds. The fraction of sp³-hybridized carbons (Fsp3) is 0.529. The molecule has 1 fully saturated rings. The number of benzene rings is 1. The second-order valence-corrected chi connectivity index (χ2v) is 6.51. The van der Waals surface area contributed by atoms with Gasteiger partial charge in [0.15, 0.2) is 0 Å². The topological polar surface area (TPSA) is 49.4 Å². The molecule has 1 N–H and O–H groups in total. The van der Waals surface area contributed by atoms with Crippen LogP contribution in [0, 0.1) is 5.92 Å². The molecule has 0 aromatic heterocycles. The zero-order valence-electron chi connectivity index (χ0n) is 12.7. The van der Waals surface area contributed by atoms with Gasteiger partial charge in [-0.1, -0.05) is 24.3 Å². The molecule has 1 aromatic rings. The van der Waals surface area contributed by atoms with E-state index in [1.807, 2.05) is 19.9 Å². The predicted molar refractivity (Wildman–Crippen MR) is 80.8 cm³/mol. The van der Waals surface area contributed by atoms with Gasteiger partial charge in [-0.2, -0.15) is 0 Å². The zero-order valence-corrected chi connectivity index (χ0v) is 12.7. The first kappa shape index (κ1) is 14.1. The molecular formula is C17H22N2O2. The van der Waals surface area contributed by atoms with E-state index in [0.717, 1.165) is 19.3 Å². The highest BCUT2D eigenvalue weighted by Gasteiger charge is 2.42. The Morgan fingerprint density at radius 1 is 1.29 bits per heavy atom. The number of amides is 2. The third kappa shape index (κ3) is 2.43. The average molecular weight is 286 g/mol. The molecule has 0 spiro atoms. The average Bonchev–Trinajstić information content (AvgIpc) is 2.49. The number of carbonyl (C=O) groups is 2. The Kier molecular flexibility index (Phi) is 3.47. The van der Waals surface area contributed by atoms with Gasteiger partial charge in [-0.05, 0) is 44.2 Å². The first-order chi connectivity index (χ1) is 10.00. The zero-order chi connectivity index (χ0) is 15.0. The van der Waals surface area contributed by atoms with Gasteiger partial charge in [0.25, 0.3) is 0 Å². The molecule has 1 aliphatic heterocycles. The van der Waals surface area contributed by atoms with Gasteiger partial charge in [0, 0.05) is 19.0 Å². The van der Waals surface area contributed by atoms with Crippen molar-refractivity contribution >= 4 is 11.8 Å². The summed E-state index contributed by atoms with van der Waals surface area (Å²) < 4.78 is 0. The van der Waals surface area contributed by atoms with Crippen LogP contribution in [-0.4, -0.2) is 35.3 Å². The highest BCUT2D eigenvalue weighted by atomic mass is 16.2. The fourth-order valence-corrected chi connectivity index (χ4v) is 3.41. The standard InChI is InChI=1S/C17H22N2O2/c1-17(2)16(21)18-9-10-19(17)15(20)14-8-7-12-5-3-4-6-13(12)11-14/h3-6,14H,7-11H2,1-2H3,(H,18,21). The summed E-state index contributed by atoms with van der Waals surface area (Å²) in [6.45, 7) is 4.82. The van der Waals surface area contributed by atoms with E-state index in [0.29, 0.717) is 13.1 Å². The third-order valence-corrected chi connectivity index (χ3v) is 4.81. The van der Waals surface area contributed by atoms with Crippen LogP contribution in [0.5, 0.6) is 0 Å². The highest BCUT2D eigenvalue weighted by molar-refractivity contribution is 5.92. The van der Waals surface area contributed by atoms with E-state index in [1.54, 1.807) is 4.90 Å². The van der Waals surface area contributed by atoms with Gasteiger partial charge in [-0.25, -0.2) is 0 Å². The summed E-state index contributed by atoms with van der Waals surface area (Å²) >= 11 is 0. The van der Waals surface area contributed by atoms with Gasteiger partial charge in [0.1, 0.15) is 5.54 Å². The van der Waals surface area contributed by atoms with Crippen molar-refractivity contribution in [2.75, 3.05) is 13.1 Å². The summed E-state index contributed by atoms with van der Waals surface area (Å²) in [6.07, 6.45) is 2.63. The maximum absolute atomic E-state index is 12.9. The SMILES string of the molecule is CC1(C)C(=O)NCCN1C(=O)C1CCc2ccccc2C1. The number of fused-ring (bicyclic) bond motifs is 1. The summed E-state index contributed by atoms with van der Waals surface area (Å²) in [4.78, 5) is 26.6. The summed E-state index contributed by atoms with van der Waals surface area (Å²) in [7, 11) is 0. The molecule has 112 valence electrons. The number of carbonyl (C=O) groups excluding carboxylic acids is 2. The molecule has 1 atom stereocenters. The van der Waals surface area contributed by atoms with Crippen LogP contribution in [0.15, 0.2) is 24.3 Å². The van der Waals surface area contributed by atoms with Crippen molar-refractivity contribution in [3.05, 3.63) is 35.4 Å². The lowest BCUT2D eigenvalue weighted by Crippen LogP contribution is -2.64. The number of nitrogens with one attached hydrogen (secondary N) is 1. The van der Waals surface area contributed by atoms with Crippen LogP contribution in [0.25, 0.3) is 0 Å². The molecule has 2 aliphatic rings. The molecule has 0 saturated carbocycles. The van der Waals surface area contributed by atoms with Gasteiger partial charge in [-0.15, -0.1) is 0 Å². The Morgan fingerprint density at radius 2 is 2.00 bits per heavy atom. The van der Waals surface area contributed by atoms with Gasteiger partial charge >= 0.3 is 0 Å². The largest absolute Gasteiger partial charge is 0.352 e. The number of nitrogens with zero attached hydrogens (tertiary/aromatic N) is 1. The number of piperazine rings is 1. The van der Waals surface area contributed by atoms with Crippen molar-refractivity contribution in [2.45, 2.75) is 38.6 Å². The Balaban J connectivity index is 1.79. The molecule has 0 bridgehead atoms. The Morgan fingerprint density at radius 3 is 2.76 bits per heavy atom. The summed E-state index contributed by atoms with van der Waals surface area (Å²) in [6, 6.07) is 8.35. The maximum Gasteiger partial charge on any atom is 0.245 e. The molecule has 1 saturated heterocycles. The first-order valence-corrected chi connectivity index (χ1v) is 7.66. The molecule has 1 aliphatic carbocycles. The van der Waals surface area contributed by atoms with Crippen molar-refractivity contribution < 1.29 is 9.59 Å². The molecule has 3 rings (SSSR count). The Bertz CT molecular complexity index is 580. The predicted octanol–water partition coefficient (Wildman–Crippen LogP) is 1.53. The van der Waals surface area contributed by atoms with Crippen LogP contribution < -0.4 is 5.32 Å². The minimum absolute atomic E-state index is 0.00470. The van der Waals surface area contributed by atoms with E-state index in [-0.39, 0.29) is 17.7 Å². The second-order valence-electron chi connectivity index (χ2n) is 6.51. The quantitative estimate of drug-likeness (QED) is 0.851. The fourth-order valence-electron chi connectivity index (χ4n) is 3.41.